The van der Waals surface area contributed by atoms with Gasteiger partial charge in [-0.25, -0.2) is 4.39 Å². The number of halogens is 1. The fourth-order valence-corrected chi connectivity index (χ4v) is 2.59. The van der Waals surface area contributed by atoms with Gasteiger partial charge in [-0.2, -0.15) is 5.10 Å². The molecule has 4 nitrogen and oxygen atoms in total. The first-order valence-corrected chi connectivity index (χ1v) is 7.70. The van der Waals surface area contributed by atoms with Crippen LogP contribution in [0.3, 0.4) is 0 Å². The summed E-state index contributed by atoms with van der Waals surface area (Å²) in [4.78, 5) is 12.4. The molecule has 1 N–H and O–H groups in total. The zero-order valence-electron chi connectivity index (χ0n) is 13.5. The summed E-state index contributed by atoms with van der Waals surface area (Å²) < 4.78 is 15.0. The minimum Gasteiger partial charge on any atom is -0.344 e. The molecule has 0 saturated heterocycles. The van der Waals surface area contributed by atoms with E-state index in [1.54, 1.807) is 29.9 Å². The third kappa shape index (κ3) is 3.35. The zero-order valence-corrected chi connectivity index (χ0v) is 13.5. The largest absolute Gasteiger partial charge is 0.344 e. The Labute approximate surface area is 139 Å². The van der Waals surface area contributed by atoms with E-state index in [4.69, 9.17) is 0 Å². The molecule has 0 aliphatic heterocycles. The molecule has 5 heteroatoms. The van der Waals surface area contributed by atoms with Gasteiger partial charge < -0.3 is 5.32 Å². The normalized spacial score (nSPS) is 12.0. The van der Waals surface area contributed by atoms with Crippen LogP contribution in [0.5, 0.6) is 0 Å². The fraction of sp³-hybridized carbons (Fsp3) is 0.158. The summed E-state index contributed by atoms with van der Waals surface area (Å²) in [7, 11) is 1.73. The number of nitrogens with zero attached hydrogens (tertiary/aromatic N) is 2. The molecule has 0 saturated carbocycles. The molecule has 0 spiro atoms. The molecule has 1 unspecified atom stereocenters. The van der Waals surface area contributed by atoms with E-state index >= 15 is 0 Å². The predicted octanol–water partition coefficient (Wildman–Crippen LogP) is 3.72. The van der Waals surface area contributed by atoms with Gasteiger partial charge in [0.15, 0.2) is 5.69 Å². The maximum absolute atomic E-state index is 13.4. The topological polar surface area (TPSA) is 46.9 Å². The molecule has 3 aromatic rings. The molecule has 2 aromatic carbocycles. The zero-order chi connectivity index (χ0) is 17.1. The lowest BCUT2D eigenvalue weighted by atomic mass is 10.1. The Hall–Kier alpha value is -2.95. The Bertz CT molecular complexity index is 858. The van der Waals surface area contributed by atoms with Gasteiger partial charge in [-0.3, -0.25) is 9.48 Å². The maximum atomic E-state index is 13.4. The number of carbonyl (C=O) groups excluding carboxylic acids is 1. The highest BCUT2D eigenvalue weighted by atomic mass is 19.1. The highest BCUT2D eigenvalue weighted by Crippen LogP contribution is 2.21. The Balaban J connectivity index is 1.80. The minimum absolute atomic E-state index is 0.127. The highest BCUT2D eigenvalue weighted by Gasteiger charge is 2.16. The van der Waals surface area contributed by atoms with Crippen molar-refractivity contribution >= 4 is 5.91 Å². The van der Waals surface area contributed by atoms with Gasteiger partial charge in [-0.05, 0) is 30.7 Å². The monoisotopic (exact) mass is 323 g/mol. The highest BCUT2D eigenvalue weighted by molar-refractivity contribution is 5.93. The number of amides is 1. The minimum atomic E-state index is -0.322. The second-order valence-electron chi connectivity index (χ2n) is 5.65. The van der Waals surface area contributed by atoms with E-state index in [-0.39, 0.29) is 17.8 Å². The molecular weight excluding hydrogens is 305 g/mol. The third-order valence-corrected chi connectivity index (χ3v) is 3.88. The van der Waals surface area contributed by atoms with Crippen molar-refractivity contribution in [3.63, 3.8) is 0 Å². The van der Waals surface area contributed by atoms with Gasteiger partial charge in [0.05, 0.1) is 11.7 Å². The average molecular weight is 323 g/mol. The third-order valence-electron chi connectivity index (χ3n) is 3.88. The van der Waals surface area contributed by atoms with Gasteiger partial charge in [0.2, 0.25) is 0 Å². The van der Waals surface area contributed by atoms with Gasteiger partial charge >= 0.3 is 0 Å². The van der Waals surface area contributed by atoms with Gasteiger partial charge in [0.25, 0.3) is 5.91 Å². The van der Waals surface area contributed by atoms with Crippen molar-refractivity contribution in [1.29, 1.82) is 0 Å². The summed E-state index contributed by atoms with van der Waals surface area (Å²) >= 11 is 0. The van der Waals surface area contributed by atoms with E-state index in [1.165, 1.54) is 12.1 Å². The van der Waals surface area contributed by atoms with Crippen molar-refractivity contribution in [2.45, 2.75) is 13.0 Å². The summed E-state index contributed by atoms with van der Waals surface area (Å²) in [6, 6.07) is 17.5. The smallest absolute Gasteiger partial charge is 0.272 e. The van der Waals surface area contributed by atoms with Crippen LogP contribution in [0.2, 0.25) is 0 Å². The van der Waals surface area contributed by atoms with Crippen molar-refractivity contribution in [2.75, 3.05) is 0 Å². The standard InChI is InChI=1S/C19H18FN3O/c1-13(14-7-4-3-5-8-14)21-19(24)17-12-18(23(2)22-17)15-9-6-10-16(20)11-15/h3-13H,1-2H3,(H,21,24). The first kappa shape index (κ1) is 15.9. The fourth-order valence-electron chi connectivity index (χ4n) is 2.59. The van der Waals surface area contributed by atoms with Crippen LogP contribution in [0.25, 0.3) is 11.3 Å². The Morgan fingerprint density at radius 2 is 1.88 bits per heavy atom. The summed E-state index contributed by atoms with van der Waals surface area (Å²) in [6.07, 6.45) is 0. The second-order valence-corrected chi connectivity index (χ2v) is 5.65. The molecule has 1 aromatic heterocycles. The van der Waals surface area contributed by atoms with Crippen LogP contribution < -0.4 is 5.32 Å². The molecule has 0 bridgehead atoms. The van der Waals surface area contributed by atoms with Crippen LogP contribution in [0.4, 0.5) is 4.39 Å². The summed E-state index contributed by atoms with van der Waals surface area (Å²) in [5, 5.41) is 7.17. The molecular formula is C19H18FN3O. The Morgan fingerprint density at radius 1 is 1.12 bits per heavy atom. The van der Waals surface area contributed by atoms with Crippen LogP contribution in [0, 0.1) is 5.82 Å². The van der Waals surface area contributed by atoms with Gasteiger partial charge in [-0.1, -0.05) is 42.5 Å². The lowest BCUT2D eigenvalue weighted by Crippen LogP contribution is -2.27. The van der Waals surface area contributed by atoms with Crippen molar-refractivity contribution in [2.24, 2.45) is 7.05 Å². The molecule has 1 heterocycles. The number of aryl methyl sites for hydroxylation is 1. The molecule has 0 aliphatic carbocycles. The first-order chi connectivity index (χ1) is 11.5. The van der Waals surface area contributed by atoms with E-state index < -0.39 is 0 Å². The van der Waals surface area contributed by atoms with E-state index in [0.29, 0.717) is 17.0 Å². The van der Waals surface area contributed by atoms with E-state index in [0.717, 1.165) is 5.56 Å². The molecule has 1 atom stereocenters. The summed E-state index contributed by atoms with van der Waals surface area (Å²) in [6.45, 7) is 1.92. The quantitative estimate of drug-likeness (QED) is 0.795. The SMILES string of the molecule is CC(NC(=O)c1cc(-c2cccc(F)c2)n(C)n1)c1ccccc1. The maximum Gasteiger partial charge on any atom is 0.272 e. The van der Waals surface area contributed by atoms with Crippen LogP contribution in [-0.4, -0.2) is 15.7 Å². The van der Waals surface area contributed by atoms with Gasteiger partial charge in [0.1, 0.15) is 5.82 Å². The molecule has 1 amide bonds. The van der Waals surface area contributed by atoms with Crippen LogP contribution >= 0.6 is 0 Å². The molecule has 0 aliphatic rings. The van der Waals surface area contributed by atoms with Crippen molar-refractivity contribution in [3.05, 3.63) is 77.7 Å². The molecule has 3 rings (SSSR count). The van der Waals surface area contributed by atoms with Crippen LogP contribution in [0.15, 0.2) is 60.7 Å². The number of hydrogen-bond acceptors (Lipinski definition) is 2. The van der Waals surface area contributed by atoms with Crippen molar-refractivity contribution < 1.29 is 9.18 Å². The Morgan fingerprint density at radius 3 is 2.58 bits per heavy atom. The number of nitrogens with one attached hydrogen (secondary N) is 1. The number of carbonyl (C=O) groups is 1. The van der Waals surface area contributed by atoms with E-state index in [9.17, 15) is 9.18 Å². The first-order valence-electron chi connectivity index (χ1n) is 7.70. The summed E-state index contributed by atoms with van der Waals surface area (Å²) in [5.41, 5.74) is 2.69. The molecule has 122 valence electrons. The summed E-state index contributed by atoms with van der Waals surface area (Å²) in [5.74, 6) is -0.581. The molecule has 0 fully saturated rings. The molecule has 0 radical (unpaired) electrons. The number of rotatable bonds is 4. The predicted molar refractivity (Wildman–Crippen MR) is 90.9 cm³/mol. The van der Waals surface area contributed by atoms with Crippen molar-refractivity contribution in [3.8, 4) is 11.3 Å². The number of benzene rings is 2. The van der Waals surface area contributed by atoms with E-state index in [2.05, 4.69) is 10.4 Å². The number of aromatic nitrogens is 2. The van der Waals surface area contributed by atoms with Crippen molar-refractivity contribution in [1.82, 2.24) is 15.1 Å². The van der Waals surface area contributed by atoms with E-state index in [1.807, 2.05) is 37.3 Å². The van der Waals surface area contributed by atoms with Crippen LogP contribution in [0.1, 0.15) is 29.0 Å². The van der Waals surface area contributed by atoms with Gasteiger partial charge in [0, 0.05) is 12.6 Å². The van der Waals surface area contributed by atoms with Gasteiger partial charge in [-0.15, -0.1) is 0 Å². The second kappa shape index (κ2) is 6.66. The van der Waals surface area contributed by atoms with Crippen LogP contribution in [-0.2, 0) is 7.05 Å². The number of hydrogen-bond donors (Lipinski definition) is 1. The molecule has 24 heavy (non-hydrogen) atoms. The lowest BCUT2D eigenvalue weighted by molar-refractivity contribution is 0.0934. The Kier molecular flexibility index (Phi) is 4.42. The lowest BCUT2D eigenvalue weighted by Gasteiger charge is -2.13. The average Bonchev–Trinajstić information content (AvgIpc) is 2.97.